The van der Waals surface area contributed by atoms with Crippen molar-refractivity contribution in [2.75, 3.05) is 25.6 Å². The molecule has 0 fully saturated rings. The standard InChI is InChI=1S/C26H26N2O5S2/c1-31-25(30)22-19-12-6-8-14-21(19)35-24(22)28-26(34)27-23(29)18-11-5-7-13-20(18)33-16-15-32-17-9-3-2-4-10-17/h2-5,7,9-11,13H,6,8,12,14-16H2,1H3,(H2,27,28,29,34). The normalized spacial score (nSPS) is 12.3. The molecule has 2 aromatic carbocycles. The van der Waals surface area contributed by atoms with Crippen molar-refractivity contribution >= 4 is 45.5 Å². The van der Waals surface area contributed by atoms with Crippen LogP contribution in [0.4, 0.5) is 5.00 Å². The number of carbonyl (C=O) groups is 2. The van der Waals surface area contributed by atoms with Crippen LogP contribution < -0.4 is 20.1 Å². The zero-order chi connectivity index (χ0) is 24.6. The molecule has 1 aliphatic carbocycles. The van der Waals surface area contributed by atoms with E-state index in [2.05, 4.69) is 10.6 Å². The van der Waals surface area contributed by atoms with E-state index in [-0.39, 0.29) is 11.7 Å². The summed E-state index contributed by atoms with van der Waals surface area (Å²) >= 11 is 6.87. The van der Waals surface area contributed by atoms with Crippen LogP contribution in [0, 0.1) is 0 Å². The number of rotatable bonds is 8. The summed E-state index contributed by atoms with van der Waals surface area (Å²) in [5.74, 6) is 0.354. The molecule has 0 saturated heterocycles. The lowest BCUT2D eigenvalue weighted by Crippen LogP contribution is -2.34. The number of benzene rings is 2. The predicted molar refractivity (Wildman–Crippen MR) is 140 cm³/mol. The number of anilines is 1. The fourth-order valence-electron chi connectivity index (χ4n) is 3.88. The minimum absolute atomic E-state index is 0.0981. The van der Waals surface area contributed by atoms with E-state index >= 15 is 0 Å². The molecule has 0 radical (unpaired) electrons. The van der Waals surface area contributed by atoms with Crippen LogP contribution in [0.3, 0.4) is 0 Å². The molecule has 2 N–H and O–H groups in total. The van der Waals surface area contributed by atoms with E-state index in [1.54, 1.807) is 24.3 Å². The van der Waals surface area contributed by atoms with Gasteiger partial charge in [0.25, 0.3) is 5.91 Å². The lowest BCUT2D eigenvalue weighted by Gasteiger charge is -2.14. The highest BCUT2D eigenvalue weighted by molar-refractivity contribution is 7.80. The van der Waals surface area contributed by atoms with Gasteiger partial charge in [0.1, 0.15) is 29.7 Å². The highest BCUT2D eigenvalue weighted by atomic mass is 32.1. The Labute approximate surface area is 213 Å². The van der Waals surface area contributed by atoms with E-state index in [4.69, 9.17) is 26.4 Å². The number of nitrogens with one attached hydrogen (secondary N) is 2. The van der Waals surface area contributed by atoms with Gasteiger partial charge in [0.05, 0.1) is 18.2 Å². The Morgan fingerprint density at radius 2 is 1.69 bits per heavy atom. The average molecular weight is 511 g/mol. The Morgan fingerprint density at radius 3 is 2.49 bits per heavy atom. The first-order valence-corrected chi connectivity index (χ1v) is 12.5. The summed E-state index contributed by atoms with van der Waals surface area (Å²) in [5, 5.41) is 6.41. The fourth-order valence-corrected chi connectivity index (χ4v) is 5.43. The SMILES string of the molecule is COC(=O)c1c(NC(=S)NC(=O)c2ccccc2OCCOc2ccccc2)sc2c1CCCC2. The number of thiocarbonyl (C=S) groups is 1. The van der Waals surface area contributed by atoms with Crippen molar-refractivity contribution in [3.8, 4) is 11.5 Å². The highest BCUT2D eigenvalue weighted by Gasteiger charge is 2.26. The number of amides is 1. The van der Waals surface area contributed by atoms with Crippen molar-refractivity contribution in [2.24, 2.45) is 0 Å². The van der Waals surface area contributed by atoms with Crippen LogP contribution >= 0.6 is 23.6 Å². The van der Waals surface area contributed by atoms with Crippen LogP contribution in [0.25, 0.3) is 0 Å². The summed E-state index contributed by atoms with van der Waals surface area (Å²) in [6.45, 7) is 0.602. The largest absolute Gasteiger partial charge is 0.490 e. The summed E-state index contributed by atoms with van der Waals surface area (Å²) in [5.41, 5.74) is 1.86. The van der Waals surface area contributed by atoms with Crippen molar-refractivity contribution in [1.82, 2.24) is 5.32 Å². The van der Waals surface area contributed by atoms with Crippen LogP contribution in [0.5, 0.6) is 11.5 Å². The molecule has 0 atom stereocenters. The lowest BCUT2D eigenvalue weighted by atomic mass is 9.95. The average Bonchev–Trinajstić information content (AvgIpc) is 3.24. The quantitative estimate of drug-likeness (QED) is 0.251. The molecule has 7 nitrogen and oxygen atoms in total. The summed E-state index contributed by atoms with van der Waals surface area (Å²) in [4.78, 5) is 26.5. The number of carbonyl (C=O) groups excluding carboxylic acids is 2. The first-order valence-electron chi connectivity index (χ1n) is 11.3. The minimum atomic E-state index is -0.414. The van der Waals surface area contributed by atoms with E-state index in [0.29, 0.717) is 28.5 Å². The molecular formula is C26H26N2O5S2. The minimum Gasteiger partial charge on any atom is -0.490 e. The molecule has 0 saturated carbocycles. The highest BCUT2D eigenvalue weighted by Crippen LogP contribution is 2.38. The Bertz CT molecular complexity index is 1210. The van der Waals surface area contributed by atoms with Gasteiger partial charge in [0.2, 0.25) is 0 Å². The Balaban J connectivity index is 1.38. The monoisotopic (exact) mass is 510 g/mol. The third-order valence-corrected chi connectivity index (χ3v) is 6.91. The second kappa shape index (κ2) is 11.8. The molecule has 4 rings (SSSR count). The molecule has 0 spiro atoms. The zero-order valence-corrected chi connectivity index (χ0v) is 20.9. The van der Waals surface area contributed by atoms with Gasteiger partial charge in [0.15, 0.2) is 5.11 Å². The number of esters is 1. The maximum Gasteiger partial charge on any atom is 0.341 e. The van der Waals surface area contributed by atoms with Gasteiger partial charge in [-0.25, -0.2) is 4.79 Å². The van der Waals surface area contributed by atoms with E-state index in [9.17, 15) is 9.59 Å². The molecule has 35 heavy (non-hydrogen) atoms. The summed E-state index contributed by atoms with van der Waals surface area (Å²) in [7, 11) is 1.36. The first kappa shape index (κ1) is 24.7. The maximum atomic E-state index is 13.0. The van der Waals surface area contributed by atoms with Gasteiger partial charge in [-0.3, -0.25) is 10.1 Å². The number of hydrogen-bond donors (Lipinski definition) is 2. The second-order valence-corrected chi connectivity index (χ2v) is 9.33. The van der Waals surface area contributed by atoms with Gasteiger partial charge in [0, 0.05) is 4.88 Å². The van der Waals surface area contributed by atoms with Gasteiger partial charge in [-0.05, 0) is 67.7 Å². The van der Waals surface area contributed by atoms with Gasteiger partial charge >= 0.3 is 5.97 Å². The molecule has 1 amide bonds. The van der Waals surface area contributed by atoms with Crippen molar-refractivity contribution in [3.63, 3.8) is 0 Å². The number of hydrogen-bond acceptors (Lipinski definition) is 7. The molecule has 3 aromatic rings. The van der Waals surface area contributed by atoms with Crippen LogP contribution in [0.1, 0.15) is 44.0 Å². The fraction of sp³-hybridized carbons (Fsp3) is 0.269. The van der Waals surface area contributed by atoms with Crippen molar-refractivity contribution < 1.29 is 23.8 Å². The predicted octanol–water partition coefficient (Wildman–Crippen LogP) is 5.00. The third kappa shape index (κ3) is 6.17. The van der Waals surface area contributed by atoms with Crippen LogP contribution in [0.15, 0.2) is 54.6 Å². The Hall–Kier alpha value is -3.43. The van der Waals surface area contributed by atoms with Gasteiger partial charge in [-0.15, -0.1) is 11.3 Å². The number of thiophene rings is 1. The molecule has 9 heteroatoms. The van der Waals surface area contributed by atoms with Crippen LogP contribution in [-0.4, -0.2) is 37.3 Å². The summed E-state index contributed by atoms with van der Waals surface area (Å²) < 4.78 is 16.4. The third-order valence-electron chi connectivity index (χ3n) is 5.50. The van der Waals surface area contributed by atoms with E-state index in [1.807, 2.05) is 30.3 Å². The summed E-state index contributed by atoms with van der Waals surface area (Å²) in [6.07, 6.45) is 3.86. The second-order valence-electron chi connectivity index (χ2n) is 7.82. The molecule has 0 aliphatic heterocycles. The van der Waals surface area contributed by atoms with Crippen molar-refractivity contribution in [3.05, 3.63) is 76.2 Å². The van der Waals surface area contributed by atoms with E-state index < -0.39 is 11.9 Å². The van der Waals surface area contributed by atoms with Gasteiger partial charge in [-0.2, -0.15) is 0 Å². The smallest absolute Gasteiger partial charge is 0.341 e. The molecule has 1 heterocycles. The van der Waals surface area contributed by atoms with E-state index in [0.717, 1.165) is 41.9 Å². The topological polar surface area (TPSA) is 85.9 Å². The van der Waals surface area contributed by atoms with Gasteiger partial charge in [-0.1, -0.05) is 30.3 Å². The lowest BCUT2D eigenvalue weighted by molar-refractivity contribution is 0.0601. The Morgan fingerprint density at radius 1 is 0.971 bits per heavy atom. The van der Waals surface area contributed by atoms with Crippen LogP contribution in [-0.2, 0) is 17.6 Å². The molecule has 1 aromatic heterocycles. The van der Waals surface area contributed by atoms with Crippen molar-refractivity contribution in [2.45, 2.75) is 25.7 Å². The van der Waals surface area contributed by atoms with Crippen LogP contribution in [0.2, 0.25) is 0 Å². The number of aryl methyl sites for hydroxylation is 1. The number of para-hydroxylation sites is 2. The zero-order valence-electron chi connectivity index (χ0n) is 19.3. The maximum absolute atomic E-state index is 13.0. The Kier molecular flexibility index (Phi) is 8.33. The number of methoxy groups -OCH3 is 1. The summed E-state index contributed by atoms with van der Waals surface area (Å²) in [6, 6.07) is 16.4. The molecule has 0 unspecified atom stereocenters. The number of fused-ring (bicyclic) bond motifs is 1. The first-order chi connectivity index (χ1) is 17.1. The number of ether oxygens (including phenoxy) is 3. The van der Waals surface area contributed by atoms with E-state index in [1.165, 1.54) is 18.4 Å². The molecule has 0 bridgehead atoms. The molecule has 1 aliphatic rings. The molecular weight excluding hydrogens is 484 g/mol. The van der Waals surface area contributed by atoms with Gasteiger partial charge < -0.3 is 19.5 Å². The van der Waals surface area contributed by atoms with Crippen molar-refractivity contribution in [1.29, 1.82) is 0 Å². The molecule has 182 valence electrons.